The van der Waals surface area contributed by atoms with Gasteiger partial charge in [0.1, 0.15) is 11.4 Å². The maximum Gasteiger partial charge on any atom is 0.227 e. The van der Waals surface area contributed by atoms with Crippen molar-refractivity contribution in [1.82, 2.24) is 9.97 Å². The van der Waals surface area contributed by atoms with E-state index in [4.69, 9.17) is 9.47 Å². The van der Waals surface area contributed by atoms with Crippen LogP contribution in [-0.4, -0.2) is 36.8 Å². The summed E-state index contributed by atoms with van der Waals surface area (Å²) in [5.74, 6) is 1.22. The van der Waals surface area contributed by atoms with Crippen molar-refractivity contribution in [2.24, 2.45) is 0 Å². The number of aromatic nitrogens is 2. The molecule has 17 heavy (non-hydrogen) atoms. The summed E-state index contributed by atoms with van der Waals surface area (Å²) >= 11 is 1.58. The maximum atomic E-state index is 5.60. The Balaban J connectivity index is 2.26. The molecule has 2 rings (SSSR count). The van der Waals surface area contributed by atoms with Crippen LogP contribution in [0.3, 0.4) is 0 Å². The standard InChI is InChI=1S/C11H15N3O2S/c1-3-12-11-13-9(16-6-5-15-2)8-4-7-17-10(8)14-11/h4,7H,3,5-6H2,1-2H3,(H,12,13,14). The van der Waals surface area contributed by atoms with E-state index < -0.39 is 0 Å². The van der Waals surface area contributed by atoms with Gasteiger partial charge in [0, 0.05) is 13.7 Å². The van der Waals surface area contributed by atoms with Gasteiger partial charge < -0.3 is 14.8 Å². The van der Waals surface area contributed by atoms with Gasteiger partial charge >= 0.3 is 0 Å². The maximum absolute atomic E-state index is 5.60. The van der Waals surface area contributed by atoms with Crippen LogP contribution in [-0.2, 0) is 4.74 Å². The predicted octanol–water partition coefficient (Wildman–Crippen LogP) is 2.15. The van der Waals surface area contributed by atoms with Crippen LogP contribution < -0.4 is 10.1 Å². The Hall–Kier alpha value is -1.40. The van der Waals surface area contributed by atoms with Crippen LogP contribution in [0.2, 0.25) is 0 Å². The van der Waals surface area contributed by atoms with Gasteiger partial charge in [0.15, 0.2) is 0 Å². The van der Waals surface area contributed by atoms with Crippen molar-refractivity contribution in [2.75, 3.05) is 32.2 Å². The molecule has 2 heterocycles. The lowest BCUT2D eigenvalue weighted by Crippen LogP contribution is -2.08. The zero-order valence-electron chi connectivity index (χ0n) is 9.90. The number of thiophene rings is 1. The van der Waals surface area contributed by atoms with Crippen LogP contribution >= 0.6 is 11.3 Å². The molecule has 0 bridgehead atoms. The number of hydrogen-bond donors (Lipinski definition) is 1. The molecule has 0 amide bonds. The van der Waals surface area contributed by atoms with Crippen molar-refractivity contribution in [3.8, 4) is 5.88 Å². The Labute approximate surface area is 104 Å². The first kappa shape index (κ1) is 12.1. The molecule has 0 radical (unpaired) electrons. The summed E-state index contributed by atoms with van der Waals surface area (Å²) in [5.41, 5.74) is 0. The first-order valence-electron chi connectivity index (χ1n) is 5.46. The van der Waals surface area contributed by atoms with Crippen molar-refractivity contribution in [2.45, 2.75) is 6.92 Å². The molecule has 2 aromatic rings. The fourth-order valence-corrected chi connectivity index (χ4v) is 2.15. The third kappa shape index (κ3) is 2.83. The average molecular weight is 253 g/mol. The number of rotatable bonds is 6. The summed E-state index contributed by atoms with van der Waals surface area (Å²) in [5, 5.41) is 6.03. The molecule has 0 atom stereocenters. The second-order valence-electron chi connectivity index (χ2n) is 3.36. The quantitative estimate of drug-likeness (QED) is 0.799. The molecule has 0 aromatic carbocycles. The van der Waals surface area contributed by atoms with Crippen LogP contribution in [0.5, 0.6) is 5.88 Å². The van der Waals surface area contributed by atoms with Gasteiger partial charge in [-0.25, -0.2) is 4.98 Å². The molecule has 0 aliphatic rings. The summed E-state index contributed by atoms with van der Waals surface area (Å²) in [6, 6.07) is 1.97. The van der Waals surface area contributed by atoms with E-state index in [0.29, 0.717) is 25.0 Å². The van der Waals surface area contributed by atoms with Crippen LogP contribution in [0.25, 0.3) is 10.2 Å². The summed E-state index contributed by atoms with van der Waals surface area (Å²) < 4.78 is 10.5. The Morgan fingerprint density at radius 2 is 2.24 bits per heavy atom. The number of methoxy groups -OCH3 is 1. The van der Waals surface area contributed by atoms with E-state index in [9.17, 15) is 0 Å². The Bertz CT molecular complexity index is 487. The molecule has 0 saturated carbocycles. The number of fused-ring (bicyclic) bond motifs is 1. The molecular weight excluding hydrogens is 238 g/mol. The SMILES string of the molecule is CCNc1nc(OCCOC)c2ccsc2n1. The molecule has 5 nitrogen and oxygen atoms in total. The van der Waals surface area contributed by atoms with E-state index in [2.05, 4.69) is 15.3 Å². The van der Waals surface area contributed by atoms with Gasteiger partial charge in [0.05, 0.1) is 12.0 Å². The van der Waals surface area contributed by atoms with Crippen molar-refractivity contribution in [3.63, 3.8) is 0 Å². The van der Waals surface area contributed by atoms with Gasteiger partial charge in [0.2, 0.25) is 11.8 Å². The van der Waals surface area contributed by atoms with Gasteiger partial charge in [-0.1, -0.05) is 0 Å². The predicted molar refractivity (Wildman–Crippen MR) is 68.9 cm³/mol. The largest absolute Gasteiger partial charge is 0.475 e. The van der Waals surface area contributed by atoms with Gasteiger partial charge in [-0.2, -0.15) is 4.98 Å². The van der Waals surface area contributed by atoms with Crippen LogP contribution in [0.1, 0.15) is 6.92 Å². The molecule has 0 aliphatic heterocycles. The molecular formula is C11H15N3O2S. The molecule has 0 spiro atoms. The normalized spacial score (nSPS) is 10.7. The van der Waals surface area contributed by atoms with Crippen molar-refractivity contribution in [3.05, 3.63) is 11.4 Å². The van der Waals surface area contributed by atoms with Crippen LogP contribution in [0, 0.1) is 0 Å². The number of nitrogens with zero attached hydrogens (tertiary/aromatic N) is 2. The Morgan fingerprint density at radius 1 is 1.35 bits per heavy atom. The summed E-state index contributed by atoms with van der Waals surface area (Å²) in [6.45, 7) is 3.83. The van der Waals surface area contributed by atoms with Gasteiger partial charge in [-0.3, -0.25) is 0 Å². The summed E-state index contributed by atoms with van der Waals surface area (Å²) in [4.78, 5) is 9.67. The third-order valence-electron chi connectivity index (χ3n) is 2.15. The fraction of sp³-hybridized carbons (Fsp3) is 0.455. The minimum atomic E-state index is 0.490. The highest BCUT2D eigenvalue weighted by Crippen LogP contribution is 2.27. The molecule has 0 unspecified atom stereocenters. The minimum Gasteiger partial charge on any atom is -0.475 e. The van der Waals surface area contributed by atoms with Gasteiger partial charge in [-0.05, 0) is 18.4 Å². The molecule has 0 fully saturated rings. The lowest BCUT2D eigenvalue weighted by Gasteiger charge is -2.08. The van der Waals surface area contributed by atoms with Gasteiger partial charge in [-0.15, -0.1) is 11.3 Å². The molecule has 6 heteroatoms. The number of anilines is 1. The lowest BCUT2D eigenvalue weighted by atomic mass is 10.4. The zero-order chi connectivity index (χ0) is 12.1. The average Bonchev–Trinajstić information content (AvgIpc) is 2.78. The van der Waals surface area contributed by atoms with E-state index in [0.717, 1.165) is 16.8 Å². The van der Waals surface area contributed by atoms with E-state index in [-0.39, 0.29) is 0 Å². The highest BCUT2D eigenvalue weighted by atomic mass is 32.1. The second kappa shape index (κ2) is 5.79. The monoisotopic (exact) mass is 253 g/mol. The van der Waals surface area contributed by atoms with Crippen molar-refractivity contribution < 1.29 is 9.47 Å². The second-order valence-corrected chi connectivity index (χ2v) is 4.26. The number of hydrogen-bond acceptors (Lipinski definition) is 6. The van der Waals surface area contributed by atoms with Crippen LogP contribution in [0.4, 0.5) is 5.95 Å². The van der Waals surface area contributed by atoms with E-state index >= 15 is 0 Å². The van der Waals surface area contributed by atoms with Crippen molar-refractivity contribution in [1.29, 1.82) is 0 Å². The lowest BCUT2D eigenvalue weighted by molar-refractivity contribution is 0.144. The third-order valence-corrected chi connectivity index (χ3v) is 2.96. The molecule has 0 aliphatic carbocycles. The smallest absolute Gasteiger partial charge is 0.227 e. The van der Waals surface area contributed by atoms with E-state index in [1.54, 1.807) is 18.4 Å². The summed E-state index contributed by atoms with van der Waals surface area (Å²) in [7, 11) is 1.65. The first-order chi connectivity index (χ1) is 8.35. The molecule has 0 saturated heterocycles. The fourth-order valence-electron chi connectivity index (χ4n) is 1.40. The van der Waals surface area contributed by atoms with Crippen LogP contribution in [0.15, 0.2) is 11.4 Å². The number of nitrogens with one attached hydrogen (secondary N) is 1. The van der Waals surface area contributed by atoms with Gasteiger partial charge in [0.25, 0.3) is 0 Å². The number of ether oxygens (including phenoxy) is 2. The Kier molecular flexibility index (Phi) is 4.11. The molecule has 1 N–H and O–H groups in total. The topological polar surface area (TPSA) is 56.3 Å². The Morgan fingerprint density at radius 3 is 3.00 bits per heavy atom. The van der Waals surface area contributed by atoms with Crippen molar-refractivity contribution >= 4 is 27.5 Å². The van der Waals surface area contributed by atoms with E-state index in [1.165, 1.54) is 0 Å². The molecule has 2 aromatic heterocycles. The van der Waals surface area contributed by atoms with E-state index in [1.807, 2.05) is 18.4 Å². The molecule has 92 valence electrons. The zero-order valence-corrected chi connectivity index (χ0v) is 10.7. The minimum absolute atomic E-state index is 0.490. The highest BCUT2D eigenvalue weighted by Gasteiger charge is 2.09. The highest BCUT2D eigenvalue weighted by molar-refractivity contribution is 7.16. The summed E-state index contributed by atoms with van der Waals surface area (Å²) in [6.07, 6.45) is 0. The first-order valence-corrected chi connectivity index (χ1v) is 6.34.